The van der Waals surface area contributed by atoms with Gasteiger partial charge >= 0.3 is 0 Å². The standard InChI is InChI=1S/C16H28N2S/c1-6-12-8-7-9-16(10-12,17-5)14-18-13(11-19-14)15(2,3)4/h11-12,17H,6-10H2,1-5H3. The van der Waals surface area contributed by atoms with Gasteiger partial charge in [0.25, 0.3) is 0 Å². The molecule has 1 fully saturated rings. The molecule has 0 amide bonds. The number of aromatic nitrogens is 1. The molecule has 0 saturated heterocycles. The first kappa shape index (κ1) is 15.0. The van der Waals surface area contributed by atoms with Crippen molar-refractivity contribution in [1.82, 2.24) is 10.3 Å². The summed E-state index contributed by atoms with van der Waals surface area (Å²) in [6, 6.07) is 0. The fraction of sp³-hybridized carbons (Fsp3) is 0.812. The van der Waals surface area contributed by atoms with E-state index in [9.17, 15) is 0 Å². The Morgan fingerprint density at radius 2 is 2.21 bits per heavy atom. The molecule has 2 nitrogen and oxygen atoms in total. The predicted octanol–water partition coefficient (Wildman–Crippen LogP) is 4.46. The van der Waals surface area contributed by atoms with Crippen LogP contribution in [0.5, 0.6) is 0 Å². The average molecular weight is 280 g/mol. The summed E-state index contributed by atoms with van der Waals surface area (Å²) in [5.41, 5.74) is 1.52. The van der Waals surface area contributed by atoms with Crippen LogP contribution in [0.25, 0.3) is 0 Å². The molecule has 1 aromatic heterocycles. The SMILES string of the molecule is CCC1CCCC(NC)(c2nc(C(C)(C)C)cs2)C1. The van der Waals surface area contributed by atoms with Crippen molar-refractivity contribution in [2.24, 2.45) is 5.92 Å². The van der Waals surface area contributed by atoms with E-state index in [2.05, 4.69) is 45.4 Å². The van der Waals surface area contributed by atoms with Crippen molar-refractivity contribution in [1.29, 1.82) is 0 Å². The zero-order valence-corrected chi connectivity index (χ0v) is 13.9. The zero-order chi connectivity index (χ0) is 14.1. The summed E-state index contributed by atoms with van der Waals surface area (Å²) >= 11 is 1.85. The van der Waals surface area contributed by atoms with Crippen molar-refractivity contribution in [2.75, 3.05) is 7.05 Å². The van der Waals surface area contributed by atoms with Crippen LogP contribution < -0.4 is 5.32 Å². The van der Waals surface area contributed by atoms with Crippen molar-refractivity contribution >= 4 is 11.3 Å². The first-order valence-electron chi connectivity index (χ1n) is 7.56. The van der Waals surface area contributed by atoms with Gasteiger partial charge in [-0.05, 0) is 25.8 Å². The lowest BCUT2D eigenvalue weighted by molar-refractivity contribution is 0.184. The third-order valence-corrected chi connectivity index (χ3v) is 5.64. The molecule has 0 bridgehead atoms. The van der Waals surface area contributed by atoms with E-state index in [1.54, 1.807) is 0 Å². The minimum atomic E-state index is 0.132. The van der Waals surface area contributed by atoms with Gasteiger partial charge in [-0.3, -0.25) is 0 Å². The number of rotatable bonds is 3. The maximum Gasteiger partial charge on any atom is 0.113 e. The molecule has 0 aromatic carbocycles. The second-order valence-electron chi connectivity index (χ2n) is 6.99. The Morgan fingerprint density at radius 1 is 1.47 bits per heavy atom. The molecule has 1 saturated carbocycles. The summed E-state index contributed by atoms with van der Waals surface area (Å²) in [7, 11) is 2.11. The van der Waals surface area contributed by atoms with Crippen LogP contribution in [0.1, 0.15) is 70.5 Å². The number of thiazole rings is 1. The lowest BCUT2D eigenvalue weighted by Crippen LogP contribution is -2.44. The normalized spacial score (nSPS) is 28.6. The van der Waals surface area contributed by atoms with Crippen LogP contribution in [0, 0.1) is 5.92 Å². The number of nitrogens with zero attached hydrogens (tertiary/aromatic N) is 1. The van der Waals surface area contributed by atoms with Gasteiger partial charge < -0.3 is 5.32 Å². The molecule has 0 radical (unpaired) electrons. The number of nitrogens with one attached hydrogen (secondary N) is 1. The highest BCUT2D eigenvalue weighted by atomic mass is 32.1. The van der Waals surface area contributed by atoms with Gasteiger partial charge in [0.2, 0.25) is 0 Å². The molecule has 1 aliphatic carbocycles. The fourth-order valence-corrected chi connectivity index (χ4v) is 4.40. The molecule has 108 valence electrons. The monoisotopic (exact) mass is 280 g/mol. The lowest BCUT2D eigenvalue weighted by Gasteiger charge is -2.39. The van der Waals surface area contributed by atoms with Gasteiger partial charge in [0.05, 0.1) is 11.2 Å². The van der Waals surface area contributed by atoms with Gasteiger partial charge in [-0.2, -0.15) is 0 Å². The topological polar surface area (TPSA) is 24.9 Å². The smallest absolute Gasteiger partial charge is 0.113 e. The quantitative estimate of drug-likeness (QED) is 0.884. The van der Waals surface area contributed by atoms with Crippen molar-refractivity contribution in [3.05, 3.63) is 16.1 Å². The van der Waals surface area contributed by atoms with Crippen molar-refractivity contribution < 1.29 is 0 Å². The minimum Gasteiger partial charge on any atom is -0.308 e. The molecule has 0 aliphatic heterocycles. The van der Waals surface area contributed by atoms with E-state index in [0.29, 0.717) is 0 Å². The molecule has 1 aliphatic rings. The first-order valence-corrected chi connectivity index (χ1v) is 8.44. The number of hydrogen-bond acceptors (Lipinski definition) is 3. The highest BCUT2D eigenvalue weighted by Crippen LogP contribution is 2.42. The van der Waals surface area contributed by atoms with Crippen LogP contribution in [-0.2, 0) is 11.0 Å². The molecule has 0 spiro atoms. The third-order valence-electron chi connectivity index (χ3n) is 4.59. The zero-order valence-electron chi connectivity index (χ0n) is 13.0. The number of hydrogen-bond donors (Lipinski definition) is 1. The molecule has 1 N–H and O–H groups in total. The van der Waals surface area contributed by atoms with Gasteiger partial charge in [0.15, 0.2) is 0 Å². The molecular formula is C16H28N2S. The second kappa shape index (κ2) is 5.53. The van der Waals surface area contributed by atoms with Crippen LogP contribution >= 0.6 is 11.3 Å². The molecule has 1 aromatic rings. The van der Waals surface area contributed by atoms with Crippen LogP contribution in [0.15, 0.2) is 5.38 Å². The molecule has 19 heavy (non-hydrogen) atoms. The van der Waals surface area contributed by atoms with E-state index in [1.165, 1.54) is 42.8 Å². The van der Waals surface area contributed by atoms with Crippen LogP contribution in [0.2, 0.25) is 0 Å². The predicted molar refractivity (Wildman–Crippen MR) is 83.8 cm³/mol. The Labute approximate surface area is 122 Å². The van der Waals surface area contributed by atoms with Crippen molar-refractivity contribution in [2.45, 2.75) is 70.8 Å². The second-order valence-corrected chi connectivity index (χ2v) is 7.85. The molecule has 2 rings (SSSR count). The highest BCUT2D eigenvalue weighted by Gasteiger charge is 2.38. The molecular weight excluding hydrogens is 252 g/mol. The van der Waals surface area contributed by atoms with Gasteiger partial charge in [-0.15, -0.1) is 11.3 Å². The van der Waals surface area contributed by atoms with Crippen LogP contribution in [-0.4, -0.2) is 12.0 Å². The van der Waals surface area contributed by atoms with Gasteiger partial charge in [0.1, 0.15) is 5.01 Å². The lowest BCUT2D eigenvalue weighted by atomic mass is 9.75. The van der Waals surface area contributed by atoms with Crippen LogP contribution in [0.3, 0.4) is 0 Å². The van der Waals surface area contributed by atoms with E-state index in [4.69, 9.17) is 4.98 Å². The maximum atomic E-state index is 4.97. The Hall–Kier alpha value is -0.410. The summed E-state index contributed by atoms with van der Waals surface area (Å²) in [6.45, 7) is 9.05. The Morgan fingerprint density at radius 3 is 2.74 bits per heavy atom. The van der Waals surface area contributed by atoms with E-state index < -0.39 is 0 Å². The van der Waals surface area contributed by atoms with Gasteiger partial charge in [-0.1, -0.05) is 47.0 Å². The summed E-state index contributed by atoms with van der Waals surface area (Å²) < 4.78 is 0. The molecule has 1 heterocycles. The third kappa shape index (κ3) is 3.03. The summed E-state index contributed by atoms with van der Waals surface area (Å²) in [6.07, 6.45) is 6.48. The van der Waals surface area contributed by atoms with Crippen molar-refractivity contribution in [3.63, 3.8) is 0 Å². The Balaban J connectivity index is 2.28. The minimum absolute atomic E-state index is 0.132. The van der Waals surface area contributed by atoms with E-state index in [0.717, 1.165) is 5.92 Å². The molecule has 3 heteroatoms. The summed E-state index contributed by atoms with van der Waals surface area (Å²) in [5, 5.41) is 7.17. The average Bonchev–Trinajstić information content (AvgIpc) is 2.88. The summed E-state index contributed by atoms with van der Waals surface area (Å²) in [4.78, 5) is 4.97. The van der Waals surface area contributed by atoms with E-state index >= 15 is 0 Å². The van der Waals surface area contributed by atoms with Crippen molar-refractivity contribution in [3.8, 4) is 0 Å². The van der Waals surface area contributed by atoms with E-state index in [-0.39, 0.29) is 11.0 Å². The molecule has 2 unspecified atom stereocenters. The largest absolute Gasteiger partial charge is 0.308 e. The molecule has 2 atom stereocenters. The van der Waals surface area contributed by atoms with Gasteiger partial charge in [-0.25, -0.2) is 4.98 Å². The highest BCUT2D eigenvalue weighted by molar-refractivity contribution is 7.09. The Kier molecular flexibility index (Phi) is 4.36. The summed E-state index contributed by atoms with van der Waals surface area (Å²) in [5.74, 6) is 0.850. The Bertz CT molecular complexity index is 419. The first-order chi connectivity index (χ1) is 8.91. The van der Waals surface area contributed by atoms with Crippen LogP contribution in [0.4, 0.5) is 0 Å². The van der Waals surface area contributed by atoms with Gasteiger partial charge in [0, 0.05) is 10.8 Å². The maximum absolute atomic E-state index is 4.97. The van der Waals surface area contributed by atoms with E-state index in [1.807, 2.05) is 11.3 Å². The fourth-order valence-electron chi connectivity index (χ4n) is 3.10.